The Balaban J connectivity index is 1.36. The summed E-state index contributed by atoms with van der Waals surface area (Å²) in [4.78, 5) is 52.6. The van der Waals surface area contributed by atoms with Crippen molar-refractivity contribution in [3.63, 3.8) is 0 Å². The number of amides is 1. The van der Waals surface area contributed by atoms with Crippen LogP contribution in [0.1, 0.15) is 18.5 Å². The highest BCUT2D eigenvalue weighted by Crippen LogP contribution is 2.25. The molecule has 4 heterocycles. The maximum absolute atomic E-state index is 13.0. The van der Waals surface area contributed by atoms with E-state index in [0.29, 0.717) is 45.0 Å². The quantitative estimate of drug-likeness (QED) is 0.580. The van der Waals surface area contributed by atoms with Crippen LogP contribution in [0.3, 0.4) is 0 Å². The number of piperazine rings is 1. The van der Waals surface area contributed by atoms with Crippen LogP contribution in [-0.4, -0.2) is 82.7 Å². The number of aromatic nitrogens is 4. The van der Waals surface area contributed by atoms with Crippen LogP contribution in [0.2, 0.25) is 0 Å². The smallest absolute Gasteiger partial charge is 0.325 e. The third kappa shape index (κ3) is 4.30. The molecule has 13 heteroatoms. The van der Waals surface area contributed by atoms with E-state index in [1.807, 2.05) is 14.8 Å². The molecule has 0 aliphatic carbocycles. The predicted octanol–water partition coefficient (Wildman–Crippen LogP) is -1.09. The molecule has 32 heavy (non-hydrogen) atoms. The average molecular weight is 464 g/mol. The Kier molecular flexibility index (Phi) is 6.11. The van der Waals surface area contributed by atoms with Crippen molar-refractivity contribution in [3.8, 4) is 0 Å². The number of rotatable bonds is 4. The van der Waals surface area contributed by atoms with Gasteiger partial charge in [0.1, 0.15) is 0 Å². The molecule has 2 N–H and O–H groups in total. The summed E-state index contributed by atoms with van der Waals surface area (Å²) in [6, 6.07) is 1.75. The molecule has 2 aromatic heterocycles. The first kappa shape index (κ1) is 22.1. The maximum atomic E-state index is 13.0. The molecule has 0 bridgehead atoms. The van der Waals surface area contributed by atoms with Crippen molar-refractivity contribution in [1.82, 2.24) is 29.1 Å². The van der Waals surface area contributed by atoms with E-state index < -0.39 is 26.2 Å². The number of H-pyrrole nitrogens is 2. The molecule has 12 nitrogen and oxygen atoms in total. The fraction of sp³-hybridized carbons (Fsp3) is 0.526. The minimum absolute atomic E-state index is 0.00258. The second-order valence-corrected chi connectivity index (χ2v) is 9.78. The van der Waals surface area contributed by atoms with Crippen LogP contribution in [0, 0.1) is 12.8 Å². The first-order valence-electron chi connectivity index (χ1n) is 10.4. The number of sulfonamides is 1. The number of nitrogens with zero attached hydrogens (tertiary/aromatic N) is 5. The summed E-state index contributed by atoms with van der Waals surface area (Å²) in [6.07, 6.45) is 4.12. The highest BCUT2D eigenvalue weighted by molar-refractivity contribution is 7.89. The molecular weight excluding hydrogens is 438 g/mol. The minimum atomic E-state index is -4.08. The highest BCUT2D eigenvalue weighted by Gasteiger charge is 2.36. The van der Waals surface area contributed by atoms with Crippen LogP contribution in [-0.2, 0) is 14.8 Å². The van der Waals surface area contributed by atoms with Crippen molar-refractivity contribution in [1.29, 1.82) is 0 Å². The van der Waals surface area contributed by atoms with Crippen molar-refractivity contribution in [3.05, 3.63) is 45.0 Å². The number of anilines is 1. The van der Waals surface area contributed by atoms with E-state index >= 15 is 0 Å². The van der Waals surface area contributed by atoms with Crippen LogP contribution in [0.4, 0.5) is 5.95 Å². The molecule has 172 valence electrons. The van der Waals surface area contributed by atoms with Gasteiger partial charge in [0.05, 0.1) is 0 Å². The Hall–Kier alpha value is -3.06. The number of carbonyl (C=O) groups excluding carboxylic acids is 1. The molecule has 2 aliphatic heterocycles. The van der Waals surface area contributed by atoms with Gasteiger partial charge < -0.3 is 14.8 Å². The molecule has 2 saturated heterocycles. The Labute approximate surface area is 184 Å². The second kappa shape index (κ2) is 8.82. The lowest BCUT2D eigenvalue weighted by atomic mass is 9.96. The van der Waals surface area contributed by atoms with Crippen molar-refractivity contribution in [2.24, 2.45) is 5.92 Å². The summed E-state index contributed by atoms with van der Waals surface area (Å²) in [6.45, 7) is 4.03. The minimum Gasteiger partial charge on any atom is -0.339 e. The Bertz CT molecular complexity index is 1190. The first-order valence-corrected chi connectivity index (χ1v) is 11.9. The van der Waals surface area contributed by atoms with Crippen molar-refractivity contribution >= 4 is 21.9 Å². The fourth-order valence-electron chi connectivity index (χ4n) is 4.21. The van der Waals surface area contributed by atoms with Gasteiger partial charge >= 0.3 is 5.69 Å². The topological polar surface area (TPSA) is 152 Å². The van der Waals surface area contributed by atoms with Crippen LogP contribution in [0.5, 0.6) is 0 Å². The SMILES string of the molecule is Cc1[nH]c(=O)[nH]c(=O)c1S(=O)(=O)N1CCC(C(=O)N2CCN(c3ncccn3)CC2)CC1. The molecule has 2 fully saturated rings. The third-order valence-corrected chi connectivity index (χ3v) is 7.95. The van der Waals surface area contributed by atoms with E-state index in [1.54, 1.807) is 18.5 Å². The summed E-state index contributed by atoms with van der Waals surface area (Å²) in [5, 5.41) is 0. The van der Waals surface area contributed by atoms with E-state index in [4.69, 9.17) is 0 Å². The molecule has 4 rings (SSSR count). The lowest BCUT2D eigenvalue weighted by Gasteiger charge is -2.38. The number of nitrogens with one attached hydrogen (secondary N) is 2. The largest absolute Gasteiger partial charge is 0.339 e. The molecule has 2 aromatic rings. The zero-order valence-corrected chi connectivity index (χ0v) is 18.5. The second-order valence-electron chi connectivity index (χ2n) is 7.90. The van der Waals surface area contributed by atoms with Gasteiger partial charge in [-0.2, -0.15) is 4.31 Å². The molecule has 1 amide bonds. The summed E-state index contributed by atoms with van der Waals surface area (Å²) in [5.41, 5.74) is -1.70. The molecular formula is C19H25N7O5S. The van der Waals surface area contributed by atoms with Crippen molar-refractivity contribution in [2.75, 3.05) is 44.2 Å². The van der Waals surface area contributed by atoms with Crippen LogP contribution < -0.4 is 16.1 Å². The summed E-state index contributed by atoms with van der Waals surface area (Å²) in [7, 11) is -4.08. The van der Waals surface area contributed by atoms with Gasteiger partial charge in [0.2, 0.25) is 21.9 Å². The number of hydrogen-bond acceptors (Lipinski definition) is 8. The van der Waals surface area contributed by atoms with E-state index in [2.05, 4.69) is 15.0 Å². The fourth-order valence-corrected chi connectivity index (χ4v) is 5.88. The van der Waals surface area contributed by atoms with Gasteiger partial charge in [-0.15, -0.1) is 0 Å². The van der Waals surface area contributed by atoms with Crippen molar-refractivity contribution in [2.45, 2.75) is 24.7 Å². The van der Waals surface area contributed by atoms with Gasteiger partial charge in [-0.05, 0) is 25.8 Å². The van der Waals surface area contributed by atoms with Gasteiger partial charge in [0.25, 0.3) is 5.56 Å². The Morgan fingerprint density at radius 1 is 1.00 bits per heavy atom. The highest BCUT2D eigenvalue weighted by atomic mass is 32.2. The first-order chi connectivity index (χ1) is 15.3. The molecule has 0 saturated carbocycles. The van der Waals surface area contributed by atoms with E-state index in [1.165, 1.54) is 11.2 Å². The Morgan fingerprint density at radius 3 is 2.22 bits per heavy atom. The number of hydrogen-bond donors (Lipinski definition) is 2. The number of piperidine rings is 1. The molecule has 0 radical (unpaired) electrons. The van der Waals surface area contributed by atoms with Crippen LogP contribution in [0.25, 0.3) is 0 Å². The van der Waals surface area contributed by atoms with E-state index in [9.17, 15) is 22.8 Å². The average Bonchev–Trinajstić information content (AvgIpc) is 2.78. The molecule has 0 unspecified atom stereocenters. The maximum Gasteiger partial charge on any atom is 0.325 e. The monoisotopic (exact) mass is 463 g/mol. The zero-order chi connectivity index (χ0) is 22.9. The van der Waals surface area contributed by atoms with Gasteiger partial charge in [0, 0.05) is 63.3 Å². The molecule has 0 aromatic carbocycles. The summed E-state index contributed by atoms with van der Waals surface area (Å²) < 4.78 is 27.1. The van der Waals surface area contributed by atoms with E-state index in [0.717, 1.165) is 0 Å². The van der Waals surface area contributed by atoms with Crippen LogP contribution in [0.15, 0.2) is 32.9 Å². The normalized spacial score (nSPS) is 18.7. The molecule has 0 spiro atoms. The molecule has 2 aliphatic rings. The van der Waals surface area contributed by atoms with Crippen molar-refractivity contribution < 1.29 is 13.2 Å². The summed E-state index contributed by atoms with van der Waals surface area (Å²) >= 11 is 0. The molecule has 0 atom stereocenters. The summed E-state index contributed by atoms with van der Waals surface area (Å²) in [5.74, 6) is 0.398. The number of carbonyl (C=O) groups is 1. The predicted molar refractivity (Wildman–Crippen MR) is 115 cm³/mol. The van der Waals surface area contributed by atoms with Crippen LogP contribution >= 0.6 is 0 Å². The lowest BCUT2D eigenvalue weighted by molar-refractivity contribution is -0.137. The number of aromatic amines is 2. The van der Waals surface area contributed by atoms with Gasteiger partial charge in [-0.25, -0.2) is 23.2 Å². The standard InChI is InChI=1S/C19H25N7O5S/c1-13-15(16(27)23-19(29)22-13)32(30,31)26-7-3-14(4-8-26)17(28)24-9-11-25(12-10-24)18-20-5-2-6-21-18/h2,5-6,14H,3-4,7-12H2,1H3,(H2,22,23,27,29). The van der Waals surface area contributed by atoms with E-state index in [-0.39, 0.29) is 30.6 Å². The van der Waals surface area contributed by atoms with Gasteiger partial charge in [-0.1, -0.05) is 0 Å². The van der Waals surface area contributed by atoms with Gasteiger partial charge in [-0.3, -0.25) is 14.6 Å². The number of aryl methyl sites for hydroxylation is 1. The lowest BCUT2D eigenvalue weighted by Crippen LogP contribution is -2.52. The van der Waals surface area contributed by atoms with Gasteiger partial charge in [0.15, 0.2) is 4.90 Å². The zero-order valence-electron chi connectivity index (χ0n) is 17.7. The Morgan fingerprint density at radius 2 is 1.62 bits per heavy atom. The third-order valence-electron chi connectivity index (χ3n) is 5.90.